The first kappa shape index (κ1) is 12.2. The Hall–Kier alpha value is -1.26. The van der Waals surface area contributed by atoms with Crippen molar-refractivity contribution in [2.24, 2.45) is 0 Å². The average Bonchev–Trinajstić information content (AvgIpc) is 2.82. The molecule has 0 amide bonds. The highest BCUT2D eigenvalue weighted by Gasteiger charge is 2.21. The average molecular weight is 257 g/mol. The monoisotopic (exact) mass is 256 g/mol. The van der Waals surface area contributed by atoms with Crippen molar-refractivity contribution >= 4 is 17.6 Å². The molecule has 0 aliphatic carbocycles. The molecule has 17 heavy (non-hydrogen) atoms. The van der Waals surface area contributed by atoms with Gasteiger partial charge in [0.1, 0.15) is 11.9 Å². The highest BCUT2D eigenvalue weighted by molar-refractivity contribution is 6.32. The number of hydrogen-bond donors (Lipinski definition) is 0. The quantitative estimate of drug-likeness (QED) is 0.779. The van der Waals surface area contributed by atoms with Gasteiger partial charge in [0, 0.05) is 6.42 Å². The molecule has 1 aliphatic rings. The molecule has 2 rings (SSSR count). The van der Waals surface area contributed by atoms with Gasteiger partial charge in [-0.25, -0.2) is 4.79 Å². The van der Waals surface area contributed by atoms with Crippen LogP contribution in [0, 0.1) is 0 Å². The molecule has 0 N–H and O–H groups in total. The van der Waals surface area contributed by atoms with Crippen molar-refractivity contribution in [1.82, 2.24) is 0 Å². The van der Waals surface area contributed by atoms with E-state index in [4.69, 9.17) is 25.8 Å². The van der Waals surface area contributed by atoms with Crippen LogP contribution in [0.5, 0.6) is 5.75 Å². The summed E-state index contributed by atoms with van der Waals surface area (Å²) < 4.78 is 15.5. The number of methoxy groups -OCH3 is 1. The lowest BCUT2D eigenvalue weighted by Crippen LogP contribution is -2.18. The first-order valence-electron chi connectivity index (χ1n) is 5.33. The Morgan fingerprint density at radius 3 is 3.00 bits per heavy atom. The smallest absolute Gasteiger partial charge is 0.338 e. The molecule has 92 valence electrons. The minimum Gasteiger partial charge on any atom is -0.495 e. The molecule has 1 atom stereocenters. The third kappa shape index (κ3) is 2.90. The van der Waals surface area contributed by atoms with E-state index in [0.717, 1.165) is 6.42 Å². The second kappa shape index (κ2) is 5.38. The van der Waals surface area contributed by atoms with Gasteiger partial charge in [0.05, 0.1) is 30.9 Å². The van der Waals surface area contributed by atoms with Crippen molar-refractivity contribution in [2.45, 2.75) is 12.5 Å². The summed E-state index contributed by atoms with van der Waals surface area (Å²) in [6.07, 6.45) is 0.598. The lowest BCUT2D eigenvalue weighted by atomic mass is 10.2. The zero-order valence-electron chi connectivity index (χ0n) is 9.44. The summed E-state index contributed by atoms with van der Waals surface area (Å²) in [4.78, 5) is 11.8. The Morgan fingerprint density at radius 1 is 1.53 bits per heavy atom. The van der Waals surface area contributed by atoms with E-state index in [9.17, 15) is 4.79 Å². The van der Waals surface area contributed by atoms with Gasteiger partial charge in [-0.15, -0.1) is 0 Å². The van der Waals surface area contributed by atoms with Crippen LogP contribution in [-0.2, 0) is 9.47 Å². The van der Waals surface area contributed by atoms with Gasteiger partial charge >= 0.3 is 5.97 Å². The first-order chi connectivity index (χ1) is 8.20. The van der Waals surface area contributed by atoms with Gasteiger partial charge in [0.2, 0.25) is 0 Å². The zero-order chi connectivity index (χ0) is 12.3. The van der Waals surface area contributed by atoms with Crippen molar-refractivity contribution in [1.29, 1.82) is 0 Å². The molecule has 0 spiro atoms. The van der Waals surface area contributed by atoms with E-state index in [2.05, 4.69) is 0 Å². The predicted octanol–water partition coefficient (Wildman–Crippen LogP) is 2.29. The third-order valence-electron chi connectivity index (χ3n) is 2.55. The van der Waals surface area contributed by atoms with Gasteiger partial charge in [-0.05, 0) is 18.2 Å². The molecule has 0 unspecified atom stereocenters. The van der Waals surface area contributed by atoms with E-state index in [1.54, 1.807) is 18.2 Å². The topological polar surface area (TPSA) is 44.8 Å². The molecular weight excluding hydrogens is 244 g/mol. The van der Waals surface area contributed by atoms with E-state index >= 15 is 0 Å². The Morgan fingerprint density at radius 2 is 2.35 bits per heavy atom. The summed E-state index contributed by atoms with van der Waals surface area (Å²) in [5, 5.41) is 0.466. The van der Waals surface area contributed by atoms with Crippen LogP contribution in [0.3, 0.4) is 0 Å². The fraction of sp³-hybridized carbons (Fsp3) is 0.417. The second-order valence-electron chi connectivity index (χ2n) is 3.74. The Balaban J connectivity index is 2.07. The molecule has 1 saturated heterocycles. The standard InChI is InChI=1S/C12H13ClO4/c1-15-11-6-8(2-3-10(11)13)12(14)17-9-4-5-16-7-9/h2-3,6,9H,4-5,7H2,1H3/t9-/m0/s1. The van der Waals surface area contributed by atoms with Gasteiger partial charge in [-0.3, -0.25) is 0 Å². The molecule has 1 heterocycles. The van der Waals surface area contributed by atoms with Crippen LogP contribution < -0.4 is 4.74 Å². The van der Waals surface area contributed by atoms with Crippen molar-refractivity contribution in [3.8, 4) is 5.75 Å². The van der Waals surface area contributed by atoms with E-state index < -0.39 is 0 Å². The van der Waals surface area contributed by atoms with Crippen LogP contribution in [0.1, 0.15) is 16.8 Å². The fourth-order valence-corrected chi connectivity index (χ4v) is 1.81. The van der Waals surface area contributed by atoms with Gasteiger partial charge in [0.25, 0.3) is 0 Å². The summed E-state index contributed by atoms with van der Waals surface area (Å²) in [5.74, 6) is 0.0826. The molecule has 4 nitrogen and oxygen atoms in total. The number of hydrogen-bond acceptors (Lipinski definition) is 4. The van der Waals surface area contributed by atoms with Gasteiger partial charge < -0.3 is 14.2 Å². The number of carbonyl (C=O) groups is 1. The van der Waals surface area contributed by atoms with Crippen molar-refractivity contribution in [3.63, 3.8) is 0 Å². The van der Waals surface area contributed by atoms with E-state index in [0.29, 0.717) is 29.5 Å². The minimum absolute atomic E-state index is 0.149. The lowest BCUT2D eigenvalue weighted by molar-refractivity contribution is 0.0270. The maximum absolute atomic E-state index is 11.8. The van der Waals surface area contributed by atoms with Crippen LogP contribution in [0.4, 0.5) is 0 Å². The molecule has 0 radical (unpaired) electrons. The first-order valence-corrected chi connectivity index (χ1v) is 5.71. The highest BCUT2D eigenvalue weighted by Crippen LogP contribution is 2.25. The third-order valence-corrected chi connectivity index (χ3v) is 2.86. The van der Waals surface area contributed by atoms with Gasteiger partial charge in [-0.1, -0.05) is 11.6 Å². The molecule has 1 fully saturated rings. The maximum Gasteiger partial charge on any atom is 0.338 e. The maximum atomic E-state index is 11.8. The number of ether oxygens (including phenoxy) is 3. The number of carbonyl (C=O) groups excluding carboxylic acids is 1. The lowest BCUT2D eigenvalue weighted by Gasteiger charge is -2.11. The van der Waals surface area contributed by atoms with E-state index in [1.807, 2.05) is 0 Å². The summed E-state index contributed by atoms with van der Waals surface area (Å²) in [7, 11) is 1.50. The molecular formula is C12H13ClO4. The largest absolute Gasteiger partial charge is 0.495 e. The molecule has 0 aromatic heterocycles. The van der Waals surface area contributed by atoms with Crippen LogP contribution in [0.15, 0.2) is 18.2 Å². The zero-order valence-corrected chi connectivity index (χ0v) is 10.2. The van der Waals surface area contributed by atoms with Crippen LogP contribution in [0.25, 0.3) is 0 Å². The molecule has 1 aromatic rings. The summed E-state index contributed by atoms with van der Waals surface area (Å²) in [5.41, 5.74) is 0.429. The Labute approximate surface area is 104 Å². The van der Waals surface area contributed by atoms with Crippen LogP contribution >= 0.6 is 11.6 Å². The second-order valence-corrected chi connectivity index (χ2v) is 4.15. The summed E-state index contributed by atoms with van der Waals surface area (Å²) >= 11 is 5.87. The number of halogens is 1. The van der Waals surface area contributed by atoms with Gasteiger partial charge in [-0.2, -0.15) is 0 Å². The van der Waals surface area contributed by atoms with Crippen molar-refractivity contribution in [3.05, 3.63) is 28.8 Å². The normalized spacial score (nSPS) is 19.1. The van der Waals surface area contributed by atoms with Crippen molar-refractivity contribution in [2.75, 3.05) is 20.3 Å². The molecule has 0 saturated carbocycles. The molecule has 1 aliphatic heterocycles. The molecule has 5 heteroatoms. The molecule has 0 bridgehead atoms. The summed E-state index contributed by atoms with van der Waals surface area (Å²) in [6, 6.07) is 4.80. The van der Waals surface area contributed by atoms with Crippen LogP contribution in [-0.4, -0.2) is 32.4 Å². The minimum atomic E-state index is -0.379. The summed E-state index contributed by atoms with van der Waals surface area (Å²) in [6.45, 7) is 1.11. The molecule has 1 aromatic carbocycles. The van der Waals surface area contributed by atoms with E-state index in [-0.39, 0.29) is 12.1 Å². The van der Waals surface area contributed by atoms with E-state index in [1.165, 1.54) is 7.11 Å². The number of rotatable bonds is 3. The predicted molar refractivity (Wildman–Crippen MR) is 62.6 cm³/mol. The Bertz CT molecular complexity index is 413. The fourth-order valence-electron chi connectivity index (χ4n) is 1.61. The number of esters is 1. The Kier molecular flexibility index (Phi) is 3.86. The highest BCUT2D eigenvalue weighted by atomic mass is 35.5. The number of benzene rings is 1. The SMILES string of the molecule is COc1cc(C(=O)O[C@H]2CCOC2)ccc1Cl. The van der Waals surface area contributed by atoms with Crippen molar-refractivity contribution < 1.29 is 19.0 Å². The van der Waals surface area contributed by atoms with Crippen LogP contribution in [0.2, 0.25) is 5.02 Å². The van der Waals surface area contributed by atoms with Gasteiger partial charge in [0.15, 0.2) is 0 Å².